The lowest BCUT2D eigenvalue weighted by Crippen LogP contribution is -2.28. The van der Waals surface area contributed by atoms with E-state index in [1.165, 1.54) is 6.07 Å². The van der Waals surface area contributed by atoms with Crippen molar-refractivity contribution in [1.29, 1.82) is 0 Å². The molecule has 1 amide bonds. The maximum absolute atomic E-state index is 12.4. The van der Waals surface area contributed by atoms with Gasteiger partial charge in [0.05, 0.1) is 11.7 Å². The van der Waals surface area contributed by atoms with Crippen molar-refractivity contribution in [1.82, 2.24) is 13.5 Å². The Morgan fingerprint density at radius 2 is 1.88 bits per heavy atom. The van der Waals surface area contributed by atoms with E-state index < -0.39 is 10.0 Å². The molecular formula is C15H13ClN4O3S2. The number of rotatable bonds is 6. The van der Waals surface area contributed by atoms with Crippen LogP contribution in [-0.4, -0.2) is 29.6 Å². The van der Waals surface area contributed by atoms with E-state index in [2.05, 4.69) is 18.8 Å². The van der Waals surface area contributed by atoms with Gasteiger partial charge < -0.3 is 5.32 Å². The Bertz CT molecular complexity index is 1000. The number of amides is 1. The lowest BCUT2D eigenvalue weighted by Gasteiger charge is -2.08. The molecule has 0 aliphatic heterocycles. The summed E-state index contributed by atoms with van der Waals surface area (Å²) in [7, 11) is -3.77. The molecule has 0 spiro atoms. The second kappa shape index (κ2) is 7.44. The van der Waals surface area contributed by atoms with Crippen LogP contribution < -0.4 is 10.0 Å². The molecule has 1 heterocycles. The molecule has 0 saturated heterocycles. The molecule has 1 aromatic heterocycles. The maximum atomic E-state index is 12.4. The van der Waals surface area contributed by atoms with Crippen molar-refractivity contribution in [2.45, 2.75) is 11.3 Å². The first-order valence-corrected chi connectivity index (χ1v) is 9.81. The van der Waals surface area contributed by atoms with Crippen molar-refractivity contribution < 1.29 is 13.2 Å². The molecule has 0 aliphatic carbocycles. The Morgan fingerprint density at radius 3 is 2.64 bits per heavy atom. The van der Waals surface area contributed by atoms with Gasteiger partial charge >= 0.3 is 0 Å². The molecule has 0 fully saturated rings. The van der Waals surface area contributed by atoms with E-state index in [4.69, 9.17) is 11.6 Å². The average Bonchev–Trinajstić information content (AvgIpc) is 3.05. The number of carbonyl (C=O) groups is 1. The zero-order valence-corrected chi connectivity index (χ0v) is 15.2. The van der Waals surface area contributed by atoms with Crippen LogP contribution in [0.4, 0.5) is 5.69 Å². The summed E-state index contributed by atoms with van der Waals surface area (Å²) in [6, 6.07) is 11.4. The normalized spacial score (nSPS) is 11.6. The first-order valence-electron chi connectivity index (χ1n) is 7.22. The molecule has 10 heteroatoms. The maximum Gasteiger partial charge on any atom is 0.242 e. The third-order valence-electron chi connectivity index (χ3n) is 3.31. The number of carbonyl (C=O) groups excluding carboxylic acids is 1. The van der Waals surface area contributed by atoms with Crippen LogP contribution in [0.25, 0.3) is 11.0 Å². The molecule has 2 N–H and O–H groups in total. The van der Waals surface area contributed by atoms with Crippen LogP contribution >= 0.6 is 23.3 Å². The van der Waals surface area contributed by atoms with Crippen molar-refractivity contribution in [2.24, 2.45) is 0 Å². The fourth-order valence-electron chi connectivity index (χ4n) is 2.13. The minimum Gasteiger partial charge on any atom is -0.326 e. The minimum absolute atomic E-state index is 0.00680. The summed E-state index contributed by atoms with van der Waals surface area (Å²) in [6.45, 7) is -0.0320. The third kappa shape index (κ3) is 4.31. The highest BCUT2D eigenvalue weighted by Gasteiger charge is 2.19. The summed E-state index contributed by atoms with van der Waals surface area (Å²) < 4.78 is 35.2. The Morgan fingerprint density at radius 1 is 1.12 bits per heavy atom. The Labute approximate surface area is 153 Å². The van der Waals surface area contributed by atoms with Gasteiger partial charge in [-0.3, -0.25) is 4.79 Å². The second-order valence-corrected chi connectivity index (χ2v) is 7.79. The summed E-state index contributed by atoms with van der Waals surface area (Å²) in [5.41, 5.74) is 1.44. The fourth-order valence-corrected chi connectivity index (χ4v) is 4.05. The molecule has 0 unspecified atom stereocenters. The standard InChI is InChI=1S/C15H13ClN4O3S2/c16-10-4-6-11(7-5-10)18-14(21)8-9-17-25(22,23)13-3-1-2-12-15(13)20-24-19-12/h1-7,17H,8-9H2,(H,18,21). The molecular weight excluding hydrogens is 384 g/mol. The van der Waals surface area contributed by atoms with E-state index in [1.807, 2.05) is 0 Å². The molecule has 2 aromatic carbocycles. The number of benzene rings is 2. The molecule has 3 aromatic rings. The van der Waals surface area contributed by atoms with Crippen molar-refractivity contribution in [3.8, 4) is 0 Å². The van der Waals surface area contributed by atoms with Crippen molar-refractivity contribution in [2.75, 3.05) is 11.9 Å². The number of nitrogens with zero attached hydrogens (tertiary/aromatic N) is 2. The molecule has 25 heavy (non-hydrogen) atoms. The van der Waals surface area contributed by atoms with Gasteiger partial charge in [0.15, 0.2) is 0 Å². The van der Waals surface area contributed by atoms with E-state index in [1.54, 1.807) is 36.4 Å². The van der Waals surface area contributed by atoms with Crippen LogP contribution in [0.2, 0.25) is 5.02 Å². The van der Waals surface area contributed by atoms with Crippen molar-refractivity contribution >= 4 is 56.0 Å². The Balaban J connectivity index is 1.60. The number of hydrogen-bond acceptors (Lipinski definition) is 6. The highest BCUT2D eigenvalue weighted by Crippen LogP contribution is 2.20. The molecule has 0 bridgehead atoms. The second-order valence-electron chi connectivity index (χ2n) is 5.09. The van der Waals surface area contributed by atoms with Crippen LogP contribution in [0.5, 0.6) is 0 Å². The number of fused-ring (bicyclic) bond motifs is 1. The van der Waals surface area contributed by atoms with Crippen LogP contribution in [0, 0.1) is 0 Å². The van der Waals surface area contributed by atoms with E-state index in [0.29, 0.717) is 21.7 Å². The lowest BCUT2D eigenvalue weighted by atomic mass is 10.3. The van der Waals surface area contributed by atoms with Gasteiger partial charge in [0.1, 0.15) is 15.9 Å². The number of aromatic nitrogens is 2. The molecule has 0 atom stereocenters. The van der Waals surface area contributed by atoms with Gasteiger partial charge in [-0.05, 0) is 36.4 Å². The first-order chi connectivity index (χ1) is 12.0. The highest BCUT2D eigenvalue weighted by atomic mass is 35.5. The number of halogens is 1. The summed E-state index contributed by atoms with van der Waals surface area (Å²) >= 11 is 6.72. The summed E-state index contributed by atoms with van der Waals surface area (Å²) in [4.78, 5) is 11.9. The minimum atomic E-state index is -3.77. The van der Waals surface area contributed by atoms with Crippen molar-refractivity contribution in [3.63, 3.8) is 0 Å². The van der Waals surface area contributed by atoms with Gasteiger partial charge in [-0.2, -0.15) is 8.75 Å². The predicted molar refractivity (Wildman–Crippen MR) is 97.3 cm³/mol. The number of hydrogen-bond donors (Lipinski definition) is 2. The Kier molecular flexibility index (Phi) is 5.28. The SMILES string of the molecule is O=C(CCNS(=O)(=O)c1cccc2nsnc12)Nc1ccc(Cl)cc1. The lowest BCUT2D eigenvalue weighted by molar-refractivity contribution is -0.116. The molecule has 130 valence electrons. The zero-order valence-electron chi connectivity index (χ0n) is 12.8. The molecule has 7 nitrogen and oxygen atoms in total. The highest BCUT2D eigenvalue weighted by molar-refractivity contribution is 7.89. The largest absolute Gasteiger partial charge is 0.326 e. The molecule has 0 saturated carbocycles. The van der Waals surface area contributed by atoms with Gasteiger partial charge in [0.25, 0.3) is 0 Å². The Hall–Kier alpha value is -2.07. The topological polar surface area (TPSA) is 101 Å². The molecule has 0 radical (unpaired) electrons. The quantitative estimate of drug-likeness (QED) is 0.667. The number of nitrogens with one attached hydrogen (secondary N) is 2. The van der Waals surface area contributed by atoms with Gasteiger partial charge in [-0.15, -0.1) is 0 Å². The van der Waals surface area contributed by atoms with Crippen LogP contribution in [-0.2, 0) is 14.8 Å². The van der Waals surface area contributed by atoms with Crippen LogP contribution in [0.1, 0.15) is 6.42 Å². The van der Waals surface area contributed by atoms with E-state index in [-0.39, 0.29) is 23.8 Å². The zero-order chi connectivity index (χ0) is 17.9. The van der Waals surface area contributed by atoms with Gasteiger partial charge in [-0.1, -0.05) is 17.7 Å². The summed E-state index contributed by atoms with van der Waals surface area (Å²) in [5.74, 6) is -0.307. The summed E-state index contributed by atoms with van der Waals surface area (Å²) in [6.07, 6.45) is -0.00680. The monoisotopic (exact) mass is 396 g/mol. The predicted octanol–water partition coefficient (Wildman–Crippen LogP) is 2.65. The fraction of sp³-hybridized carbons (Fsp3) is 0.133. The van der Waals surface area contributed by atoms with E-state index in [9.17, 15) is 13.2 Å². The van der Waals surface area contributed by atoms with Crippen LogP contribution in [0.3, 0.4) is 0 Å². The number of anilines is 1. The van der Waals surface area contributed by atoms with Crippen LogP contribution in [0.15, 0.2) is 47.4 Å². The smallest absolute Gasteiger partial charge is 0.242 e. The average molecular weight is 397 g/mol. The first kappa shape index (κ1) is 17.7. The number of sulfonamides is 1. The molecule has 0 aliphatic rings. The van der Waals surface area contributed by atoms with Gasteiger partial charge in [0, 0.05) is 23.7 Å². The van der Waals surface area contributed by atoms with Crippen molar-refractivity contribution in [3.05, 3.63) is 47.5 Å². The summed E-state index contributed by atoms with van der Waals surface area (Å²) in [5, 5.41) is 3.23. The third-order valence-corrected chi connectivity index (χ3v) is 5.60. The molecule has 3 rings (SSSR count). The van der Waals surface area contributed by atoms with Gasteiger partial charge in [0.2, 0.25) is 15.9 Å². The van der Waals surface area contributed by atoms with Gasteiger partial charge in [-0.25, -0.2) is 13.1 Å². The van der Waals surface area contributed by atoms with E-state index in [0.717, 1.165) is 11.7 Å². The van der Waals surface area contributed by atoms with E-state index >= 15 is 0 Å².